The predicted octanol–water partition coefficient (Wildman–Crippen LogP) is -0.236. The number of β-amino-alcohol motifs (C(OH)–C–C–N with tert-alkyl or cyclic N) is 1. The van der Waals surface area contributed by atoms with Crippen molar-refractivity contribution in [3.8, 4) is 0 Å². The number of hydrogen-bond acceptors (Lipinski definition) is 7. The summed E-state index contributed by atoms with van der Waals surface area (Å²) in [6, 6.07) is -1.11. The minimum absolute atomic E-state index is 0.0403. The van der Waals surface area contributed by atoms with E-state index in [1.54, 1.807) is 30.1 Å². The molecule has 0 unspecified atom stereocenters. The topological polar surface area (TPSA) is 125 Å². The summed E-state index contributed by atoms with van der Waals surface area (Å²) < 4.78 is 12.1. The van der Waals surface area contributed by atoms with Gasteiger partial charge >= 0.3 is 5.97 Å². The fourth-order valence-corrected chi connectivity index (χ4v) is 5.49. The number of cyclic esters (lactones) is 1. The number of likely N-dealkylation sites (tertiary alicyclic amines) is 1. The third-order valence-electron chi connectivity index (χ3n) is 7.03. The first kappa shape index (κ1) is 24.4. The zero-order valence-electron chi connectivity index (χ0n) is 19.8. The summed E-state index contributed by atoms with van der Waals surface area (Å²) in [7, 11) is 0. The highest BCUT2D eigenvalue weighted by Gasteiger charge is 2.71. The van der Waals surface area contributed by atoms with E-state index < -0.39 is 47.6 Å². The Balaban J connectivity index is 1.79. The summed E-state index contributed by atoms with van der Waals surface area (Å²) in [5.74, 6) is -3.37. The van der Waals surface area contributed by atoms with Crippen LogP contribution in [0.3, 0.4) is 0 Å². The van der Waals surface area contributed by atoms with Gasteiger partial charge in [0.2, 0.25) is 17.7 Å². The Morgan fingerprint density at radius 2 is 1.97 bits per heavy atom. The van der Waals surface area contributed by atoms with Crippen molar-refractivity contribution in [3.63, 3.8) is 0 Å². The van der Waals surface area contributed by atoms with Gasteiger partial charge in [0, 0.05) is 25.6 Å². The van der Waals surface area contributed by atoms with E-state index in [0.717, 1.165) is 0 Å². The number of nitrogens with zero attached hydrogens (tertiary/aromatic N) is 2. The number of hydrogen-bond donors (Lipinski definition) is 2. The summed E-state index contributed by atoms with van der Waals surface area (Å²) in [5.41, 5.74) is -1.36. The number of carbonyl (C=O) groups is 4. The second-order valence-electron chi connectivity index (χ2n) is 9.60. The molecule has 0 aromatic carbocycles. The normalized spacial score (nSPS) is 37.3. The van der Waals surface area contributed by atoms with E-state index in [4.69, 9.17) is 9.47 Å². The van der Waals surface area contributed by atoms with Gasteiger partial charge in [-0.25, -0.2) is 0 Å². The molecule has 6 atom stereocenters. The van der Waals surface area contributed by atoms with Gasteiger partial charge in [0.05, 0.1) is 25.2 Å². The predicted molar refractivity (Wildman–Crippen MR) is 120 cm³/mol. The molecule has 4 aliphatic rings. The van der Waals surface area contributed by atoms with Crippen LogP contribution in [-0.2, 0) is 28.7 Å². The smallest absolute Gasteiger partial charge is 0.313 e. The molecule has 186 valence electrons. The van der Waals surface area contributed by atoms with Gasteiger partial charge in [-0.15, -0.1) is 0 Å². The Hall–Kier alpha value is -2.72. The van der Waals surface area contributed by atoms with Crippen LogP contribution in [0.1, 0.15) is 33.6 Å². The highest BCUT2D eigenvalue weighted by Crippen LogP contribution is 2.53. The number of aliphatic hydroxyl groups excluding tert-OH is 1. The Labute approximate surface area is 198 Å². The van der Waals surface area contributed by atoms with E-state index in [2.05, 4.69) is 5.32 Å². The number of fused-ring (bicyclic) bond motifs is 2. The van der Waals surface area contributed by atoms with Gasteiger partial charge in [-0.3, -0.25) is 19.2 Å². The Morgan fingerprint density at radius 1 is 1.21 bits per heavy atom. The lowest BCUT2D eigenvalue weighted by atomic mass is 9.78. The van der Waals surface area contributed by atoms with Crippen LogP contribution < -0.4 is 5.32 Å². The fraction of sp³-hybridized carbons (Fsp3) is 0.667. The first-order chi connectivity index (χ1) is 16.2. The van der Waals surface area contributed by atoms with Crippen LogP contribution in [0.5, 0.6) is 0 Å². The number of allylic oxidation sites excluding steroid dienone is 1. The van der Waals surface area contributed by atoms with Crippen molar-refractivity contribution in [2.75, 3.05) is 26.2 Å². The number of carbonyl (C=O) groups excluding carboxylic acids is 4. The van der Waals surface area contributed by atoms with E-state index in [1.807, 2.05) is 19.9 Å². The molecule has 0 aliphatic carbocycles. The van der Waals surface area contributed by atoms with Crippen molar-refractivity contribution in [1.82, 2.24) is 15.1 Å². The van der Waals surface area contributed by atoms with E-state index in [1.165, 1.54) is 4.90 Å². The second kappa shape index (κ2) is 9.50. The van der Waals surface area contributed by atoms with E-state index >= 15 is 0 Å². The fourth-order valence-electron chi connectivity index (χ4n) is 5.49. The van der Waals surface area contributed by atoms with Gasteiger partial charge in [0.1, 0.15) is 23.7 Å². The number of ether oxygens (including phenoxy) is 2. The molecule has 0 saturated carbocycles. The zero-order chi connectivity index (χ0) is 24.6. The molecule has 0 bridgehead atoms. The molecule has 1 spiro atoms. The minimum atomic E-state index is -1.36. The second-order valence-corrected chi connectivity index (χ2v) is 9.60. The molecule has 0 radical (unpaired) electrons. The van der Waals surface area contributed by atoms with Crippen molar-refractivity contribution in [3.05, 3.63) is 24.3 Å². The molecule has 3 amide bonds. The van der Waals surface area contributed by atoms with E-state index in [9.17, 15) is 24.3 Å². The summed E-state index contributed by atoms with van der Waals surface area (Å²) >= 11 is 0. The number of nitrogens with one attached hydrogen (secondary N) is 1. The number of aliphatic hydroxyl groups is 1. The maximum absolute atomic E-state index is 13.7. The molecule has 2 N–H and O–H groups in total. The maximum atomic E-state index is 13.7. The van der Waals surface area contributed by atoms with Crippen LogP contribution in [0.15, 0.2) is 24.3 Å². The highest BCUT2D eigenvalue weighted by atomic mass is 16.6. The van der Waals surface area contributed by atoms with Crippen molar-refractivity contribution in [2.24, 2.45) is 11.8 Å². The molecule has 0 aromatic rings. The quantitative estimate of drug-likeness (QED) is 0.426. The van der Waals surface area contributed by atoms with Crippen LogP contribution in [0.4, 0.5) is 0 Å². The standard InChI is InChI=1S/C24H33N3O7/c1-14(2)26-10-6-9-24-19(21(30)27(11-12-28)20(24)22(26)31)18-16(34-24)7-4-5-8-17(29)25-13-15(3)33-23(18)32/h4,6-7,9,14-16,18-20,28H,5,8,10-13H2,1-3H3,(H,25,29)/b7-4-/t15-,16-,18+,19+,20-,24+/m0/s1. The monoisotopic (exact) mass is 475 g/mol. The van der Waals surface area contributed by atoms with Crippen LogP contribution in [0.25, 0.3) is 0 Å². The van der Waals surface area contributed by atoms with Crippen LogP contribution in [-0.4, -0.2) is 94.7 Å². The molecular weight excluding hydrogens is 442 g/mol. The Bertz CT molecular complexity index is 916. The van der Waals surface area contributed by atoms with Gasteiger partial charge in [-0.05, 0) is 27.2 Å². The van der Waals surface area contributed by atoms with Gasteiger partial charge in [0.25, 0.3) is 0 Å². The Kier molecular flexibility index (Phi) is 6.82. The SMILES string of the molecule is CC(C)N1CC=C[C@@]23O[C@H]4/C=C\CCC(=O)NC[C@H](C)OC(=O)[C@H]4[C@@H]2C(=O)N(CCO)[C@H]3C1=O. The minimum Gasteiger partial charge on any atom is -0.460 e. The first-order valence-electron chi connectivity index (χ1n) is 11.9. The van der Waals surface area contributed by atoms with Crippen molar-refractivity contribution in [1.29, 1.82) is 0 Å². The highest BCUT2D eigenvalue weighted by molar-refractivity contribution is 5.99. The largest absolute Gasteiger partial charge is 0.460 e. The molecule has 4 heterocycles. The third kappa shape index (κ3) is 4.02. The lowest BCUT2D eigenvalue weighted by Gasteiger charge is -2.36. The first-order valence-corrected chi connectivity index (χ1v) is 11.9. The summed E-state index contributed by atoms with van der Waals surface area (Å²) in [6.45, 7) is 5.62. The zero-order valence-corrected chi connectivity index (χ0v) is 19.8. The summed E-state index contributed by atoms with van der Waals surface area (Å²) in [6.07, 6.45) is 6.36. The van der Waals surface area contributed by atoms with Gasteiger partial charge < -0.3 is 29.7 Å². The molecule has 34 heavy (non-hydrogen) atoms. The van der Waals surface area contributed by atoms with Gasteiger partial charge in [-0.2, -0.15) is 0 Å². The van der Waals surface area contributed by atoms with E-state index in [0.29, 0.717) is 13.0 Å². The van der Waals surface area contributed by atoms with E-state index in [-0.39, 0.29) is 44.0 Å². The van der Waals surface area contributed by atoms with Crippen molar-refractivity contribution in [2.45, 2.75) is 63.5 Å². The van der Waals surface area contributed by atoms with Gasteiger partial charge in [-0.1, -0.05) is 24.3 Å². The Morgan fingerprint density at radius 3 is 2.68 bits per heavy atom. The average molecular weight is 476 g/mol. The van der Waals surface area contributed by atoms with Crippen molar-refractivity contribution >= 4 is 23.7 Å². The molecule has 4 rings (SSSR count). The number of esters is 1. The van der Waals surface area contributed by atoms with Crippen LogP contribution >= 0.6 is 0 Å². The lowest BCUT2D eigenvalue weighted by Crippen LogP contribution is -2.56. The lowest BCUT2D eigenvalue weighted by molar-refractivity contribution is -0.159. The molecular formula is C24H33N3O7. The maximum Gasteiger partial charge on any atom is 0.313 e. The molecule has 2 fully saturated rings. The number of amides is 3. The third-order valence-corrected chi connectivity index (χ3v) is 7.03. The molecule has 10 heteroatoms. The summed E-state index contributed by atoms with van der Waals surface area (Å²) in [4.78, 5) is 55.8. The molecule has 2 saturated heterocycles. The van der Waals surface area contributed by atoms with Gasteiger partial charge in [0.15, 0.2) is 0 Å². The number of rotatable bonds is 3. The van der Waals surface area contributed by atoms with Crippen LogP contribution in [0, 0.1) is 11.8 Å². The van der Waals surface area contributed by atoms with Crippen LogP contribution in [0.2, 0.25) is 0 Å². The molecule has 4 aliphatic heterocycles. The summed E-state index contributed by atoms with van der Waals surface area (Å²) in [5, 5.41) is 12.4. The van der Waals surface area contributed by atoms with Crippen molar-refractivity contribution < 1.29 is 33.8 Å². The molecule has 0 aromatic heterocycles. The molecule has 10 nitrogen and oxygen atoms in total. The average Bonchev–Trinajstić information content (AvgIpc) is 3.15.